The lowest BCUT2D eigenvalue weighted by Crippen LogP contribution is -2.30. The van der Waals surface area contributed by atoms with E-state index in [2.05, 4.69) is 15.1 Å². The van der Waals surface area contributed by atoms with Crippen LogP contribution in [0.1, 0.15) is 30.0 Å². The molecule has 0 fully saturated rings. The third kappa shape index (κ3) is 5.04. The van der Waals surface area contributed by atoms with E-state index in [0.717, 1.165) is 0 Å². The monoisotopic (exact) mass is 444 g/mol. The molecule has 0 saturated heterocycles. The number of anilines is 1. The van der Waals surface area contributed by atoms with Crippen molar-refractivity contribution >= 4 is 21.6 Å². The van der Waals surface area contributed by atoms with Crippen molar-refractivity contribution in [1.29, 1.82) is 0 Å². The fourth-order valence-corrected chi connectivity index (χ4v) is 4.11. The van der Waals surface area contributed by atoms with Crippen molar-refractivity contribution in [3.05, 3.63) is 82.0 Å². The number of benzene rings is 2. The molecule has 0 aliphatic heterocycles. The number of aryl methyl sites for hydroxylation is 1. The van der Waals surface area contributed by atoms with Crippen LogP contribution in [-0.4, -0.2) is 30.1 Å². The van der Waals surface area contributed by atoms with Crippen LogP contribution >= 0.6 is 0 Å². The van der Waals surface area contributed by atoms with Gasteiger partial charge in [-0.2, -0.15) is 5.10 Å². The summed E-state index contributed by atoms with van der Waals surface area (Å²) in [4.78, 5) is 25.0. The molecule has 10 heteroatoms. The van der Waals surface area contributed by atoms with E-state index in [1.807, 2.05) is 0 Å². The van der Waals surface area contributed by atoms with Crippen LogP contribution < -0.4 is 15.5 Å². The van der Waals surface area contributed by atoms with Gasteiger partial charge in [-0.15, -0.1) is 0 Å². The quantitative estimate of drug-likeness (QED) is 0.607. The van der Waals surface area contributed by atoms with Gasteiger partial charge in [-0.25, -0.2) is 22.2 Å². The summed E-state index contributed by atoms with van der Waals surface area (Å²) in [5, 5.41) is 6.54. The molecular formula is C21H21FN4O4S. The molecule has 0 atom stereocenters. The second kappa shape index (κ2) is 8.78. The van der Waals surface area contributed by atoms with Crippen molar-refractivity contribution in [2.75, 3.05) is 5.32 Å². The summed E-state index contributed by atoms with van der Waals surface area (Å²) in [6, 6.07) is 12.2. The second-order valence-corrected chi connectivity index (χ2v) is 8.83. The van der Waals surface area contributed by atoms with Crippen molar-refractivity contribution in [2.45, 2.75) is 31.7 Å². The summed E-state index contributed by atoms with van der Waals surface area (Å²) in [6.45, 7) is 4.98. The number of nitrogens with one attached hydrogen (secondary N) is 2. The van der Waals surface area contributed by atoms with Gasteiger partial charge in [0, 0.05) is 23.5 Å². The van der Waals surface area contributed by atoms with Crippen molar-refractivity contribution < 1.29 is 17.6 Å². The third-order valence-corrected chi connectivity index (χ3v) is 5.89. The summed E-state index contributed by atoms with van der Waals surface area (Å²) in [6.07, 6.45) is 0. The predicted molar refractivity (Wildman–Crippen MR) is 114 cm³/mol. The van der Waals surface area contributed by atoms with E-state index in [1.54, 1.807) is 26.8 Å². The number of nitrogens with zero attached hydrogens (tertiary/aromatic N) is 2. The number of carbonyl (C=O) groups excluding carboxylic acids is 1. The minimum absolute atomic E-state index is 0.0366. The van der Waals surface area contributed by atoms with Crippen molar-refractivity contribution in [3.63, 3.8) is 0 Å². The zero-order valence-electron chi connectivity index (χ0n) is 17.1. The first-order chi connectivity index (χ1) is 14.6. The van der Waals surface area contributed by atoms with Gasteiger partial charge in [0.1, 0.15) is 11.5 Å². The Hall–Kier alpha value is -3.37. The highest BCUT2D eigenvalue weighted by atomic mass is 32.2. The molecule has 3 aromatic rings. The Bertz CT molecular complexity index is 1290. The summed E-state index contributed by atoms with van der Waals surface area (Å²) in [7, 11) is -3.67. The van der Waals surface area contributed by atoms with Crippen LogP contribution in [-0.2, 0) is 10.0 Å². The lowest BCUT2D eigenvalue weighted by atomic mass is 10.2. The average molecular weight is 444 g/mol. The summed E-state index contributed by atoms with van der Waals surface area (Å²) < 4.78 is 42.2. The highest BCUT2D eigenvalue weighted by molar-refractivity contribution is 7.89. The molecule has 162 valence electrons. The Labute approximate surface area is 178 Å². The lowest BCUT2D eigenvalue weighted by molar-refractivity contribution is 0.101. The summed E-state index contributed by atoms with van der Waals surface area (Å²) in [5.41, 5.74) is -0.317. The number of para-hydroxylation sites is 1. The molecule has 8 nitrogen and oxygen atoms in total. The Morgan fingerprint density at radius 1 is 1.10 bits per heavy atom. The number of carbonyl (C=O) groups is 1. The molecule has 1 aromatic heterocycles. The number of rotatable bonds is 6. The molecule has 3 rings (SSSR count). The fourth-order valence-electron chi connectivity index (χ4n) is 2.86. The third-order valence-electron chi connectivity index (χ3n) is 4.22. The van der Waals surface area contributed by atoms with Gasteiger partial charge in [0.15, 0.2) is 5.69 Å². The maximum atomic E-state index is 14.2. The molecule has 2 N–H and O–H groups in total. The molecule has 0 saturated carbocycles. The molecule has 0 bridgehead atoms. The topological polar surface area (TPSA) is 110 Å². The minimum atomic E-state index is -3.67. The zero-order chi connectivity index (χ0) is 22.8. The molecule has 2 aromatic carbocycles. The number of aromatic nitrogens is 2. The van der Waals surface area contributed by atoms with Crippen molar-refractivity contribution in [2.24, 2.45) is 0 Å². The molecule has 0 spiro atoms. The van der Waals surface area contributed by atoms with E-state index in [-0.39, 0.29) is 22.3 Å². The van der Waals surface area contributed by atoms with E-state index in [9.17, 15) is 22.4 Å². The smallest absolute Gasteiger partial charge is 0.280 e. The zero-order valence-corrected chi connectivity index (χ0v) is 17.9. The van der Waals surface area contributed by atoms with Crippen LogP contribution in [0.2, 0.25) is 0 Å². The number of hydrogen-bond donors (Lipinski definition) is 2. The highest BCUT2D eigenvalue weighted by Crippen LogP contribution is 2.16. The van der Waals surface area contributed by atoms with Gasteiger partial charge in [0.25, 0.3) is 5.91 Å². The van der Waals surface area contributed by atoms with Gasteiger partial charge < -0.3 is 5.32 Å². The predicted octanol–water partition coefficient (Wildman–Crippen LogP) is 2.62. The Morgan fingerprint density at radius 2 is 1.74 bits per heavy atom. The summed E-state index contributed by atoms with van der Waals surface area (Å²) in [5.74, 6) is -1.36. The largest absolute Gasteiger partial charge is 0.320 e. The standard InChI is InChI=1S/C21H21FN4O4S/c1-13(2)25-31(29,30)16-10-8-15(9-11-16)23-21(28)20-19(27)12-14(3)26(24-20)18-7-5-4-6-17(18)22/h4-13,25H,1-3H3,(H,23,28). The average Bonchev–Trinajstić information content (AvgIpc) is 2.68. The molecule has 0 radical (unpaired) electrons. The number of sulfonamides is 1. The van der Waals surface area contributed by atoms with E-state index in [4.69, 9.17) is 0 Å². The molecule has 0 aliphatic carbocycles. The van der Waals surface area contributed by atoms with Crippen LogP contribution in [0, 0.1) is 12.7 Å². The molecule has 31 heavy (non-hydrogen) atoms. The van der Waals surface area contributed by atoms with E-state index in [0.29, 0.717) is 5.69 Å². The summed E-state index contributed by atoms with van der Waals surface area (Å²) >= 11 is 0. The fraction of sp³-hybridized carbons (Fsp3) is 0.190. The van der Waals surface area contributed by atoms with Gasteiger partial charge in [-0.1, -0.05) is 12.1 Å². The maximum absolute atomic E-state index is 14.2. The van der Waals surface area contributed by atoms with Gasteiger partial charge in [0.05, 0.1) is 4.90 Å². The van der Waals surface area contributed by atoms with E-state index in [1.165, 1.54) is 53.2 Å². The Morgan fingerprint density at radius 3 is 2.35 bits per heavy atom. The molecule has 1 heterocycles. The number of hydrogen-bond acceptors (Lipinski definition) is 5. The lowest BCUT2D eigenvalue weighted by Gasteiger charge is -2.12. The van der Waals surface area contributed by atoms with Crippen LogP contribution in [0.3, 0.4) is 0 Å². The van der Waals surface area contributed by atoms with Crippen molar-refractivity contribution in [1.82, 2.24) is 14.5 Å². The van der Waals surface area contributed by atoms with Gasteiger partial charge in [-0.3, -0.25) is 9.59 Å². The van der Waals surface area contributed by atoms with Gasteiger partial charge >= 0.3 is 0 Å². The Balaban J connectivity index is 1.88. The minimum Gasteiger partial charge on any atom is -0.320 e. The maximum Gasteiger partial charge on any atom is 0.280 e. The Kier molecular flexibility index (Phi) is 6.32. The number of halogens is 1. The first-order valence-electron chi connectivity index (χ1n) is 9.38. The van der Waals surface area contributed by atoms with Gasteiger partial charge in [-0.05, 0) is 57.2 Å². The SMILES string of the molecule is Cc1cc(=O)c(C(=O)Nc2ccc(S(=O)(=O)NC(C)C)cc2)nn1-c1ccccc1F. The van der Waals surface area contributed by atoms with Crippen LogP contribution in [0.25, 0.3) is 5.69 Å². The highest BCUT2D eigenvalue weighted by Gasteiger charge is 2.18. The van der Waals surface area contributed by atoms with Gasteiger partial charge in [0.2, 0.25) is 15.5 Å². The molecular weight excluding hydrogens is 423 g/mol. The van der Waals surface area contributed by atoms with Crippen LogP contribution in [0.5, 0.6) is 0 Å². The molecule has 0 aliphatic rings. The molecule has 0 unspecified atom stereocenters. The van der Waals surface area contributed by atoms with Crippen molar-refractivity contribution in [3.8, 4) is 5.69 Å². The van der Waals surface area contributed by atoms with Crippen LogP contribution in [0.4, 0.5) is 10.1 Å². The van der Waals surface area contributed by atoms with E-state index >= 15 is 0 Å². The molecule has 1 amide bonds. The normalized spacial score (nSPS) is 11.5. The first kappa shape index (κ1) is 22.3. The first-order valence-corrected chi connectivity index (χ1v) is 10.9. The second-order valence-electron chi connectivity index (χ2n) is 7.12. The van der Waals surface area contributed by atoms with E-state index < -0.39 is 32.9 Å². The van der Waals surface area contributed by atoms with Crippen LogP contribution in [0.15, 0.2) is 64.3 Å². The number of amides is 1.